The number of pyridine rings is 1. The van der Waals surface area contributed by atoms with Crippen LogP contribution in [0.4, 0.5) is 13.2 Å². The number of carboxylic acids is 2. The summed E-state index contributed by atoms with van der Waals surface area (Å²) in [6, 6.07) is 9.77. The number of alkyl halides is 3. The lowest BCUT2D eigenvalue weighted by molar-refractivity contribution is -0.192. The summed E-state index contributed by atoms with van der Waals surface area (Å²) in [5.74, 6) is -3.67. The van der Waals surface area contributed by atoms with Gasteiger partial charge in [0.15, 0.2) is 0 Å². The van der Waals surface area contributed by atoms with E-state index in [1.54, 1.807) is 10.9 Å². The number of aromatic carboxylic acids is 1. The molecule has 192 valence electrons. The van der Waals surface area contributed by atoms with E-state index in [0.717, 1.165) is 65.3 Å². The zero-order valence-electron chi connectivity index (χ0n) is 19.1. The number of halogens is 4. The summed E-state index contributed by atoms with van der Waals surface area (Å²) < 4.78 is 33.4. The Kier molecular flexibility index (Phi) is 9.05. The summed E-state index contributed by atoms with van der Waals surface area (Å²) in [4.78, 5) is 25.0. The fourth-order valence-electron chi connectivity index (χ4n) is 3.87. The van der Waals surface area contributed by atoms with E-state index in [0.29, 0.717) is 18.7 Å². The van der Waals surface area contributed by atoms with Gasteiger partial charge in [-0.3, -0.25) is 9.67 Å². The zero-order valence-corrected chi connectivity index (χ0v) is 19.8. The van der Waals surface area contributed by atoms with Gasteiger partial charge in [-0.25, -0.2) is 9.59 Å². The van der Waals surface area contributed by atoms with Crippen molar-refractivity contribution in [2.45, 2.75) is 38.4 Å². The van der Waals surface area contributed by atoms with E-state index in [4.69, 9.17) is 21.5 Å². The summed E-state index contributed by atoms with van der Waals surface area (Å²) in [7, 11) is 0. The van der Waals surface area contributed by atoms with Crippen molar-refractivity contribution in [1.82, 2.24) is 20.1 Å². The standard InChI is InChI=1S/C22H23ClN4O2.C2HF3O2/c23-19-5-2-1-4-15(19)8-11-24-10-3-13-27-21(22(28)29)18-7-6-16-14-25-12-9-17(16)20(18)26-27;3-2(4,5)1(6)7/h1-2,4-5,9,12,14,24H,3,6-8,10-11,13H2,(H,28,29);(H,6,7). The molecule has 0 atom stereocenters. The monoisotopic (exact) mass is 524 g/mol. The minimum absolute atomic E-state index is 0.318. The average molecular weight is 525 g/mol. The van der Waals surface area contributed by atoms with Gasteiger partial charge in [0.1, 0.15) is 5.69 Å². The maximum atomic E-state index is 11.9. The molecule has 0 radical (unpaired) electrons. The van der Waals surface area contributed by atoms with Gasteiger partial charge in [0, 0.05) is 35.1 Å². The lowest BCUT2D eigenvalue weighted by Crippen LogP contribution is -2.21. The molecule has 12 heteroatoms. The van der Waals surface area contributed by atoms with Gasteiger partial charge in [0.2, 0.25) is 0 Å². The average Bonchev–Trinajstić information content (AvgIpc) is 3.21. The molecule has 4 rings (SSSR count). The van der Waals surface area contributed by atoms with Crippen LogP contribution in [0.1, 0.15) is 33.6 Å². The molecule has 2 aromatic heterocycles. The Balaban J connectivity index is 0.000000454. The number of carbonyl (C=O) groups is 2. The zero-order chi connectivity index (χ0) is 26.3. The summed E-state index contributed by atoms with van der Waals surface area (Å²) >= 11 is 6.18. The number of aliphatic carboxylic acids is 1. The molecule has 0 saturated heterocycles. The Morgan fingerprint density at radius 2 is 1.83 bits per heavy atom. The van der Waals surface area contributed by atoms with Gasteiger partial charge in [-0.2, -0.15) is 18.3 Å². The van der Waals surface area contributed by atoms with Crippen molar-refractivity contribution in [2.75, 3.05) is 13.1 Å². The highest BCUT2D eigenvalue weighted by Crippen LogP contribution is 2.34. The van der Waals surface area contributed by atoms with Crippen LogP contribution in [0, 0.1) is 0 Å². The van der Waals surface area contributed by atoms with Crippen LogP contribution in [0.2, 0.25) is 5.02 Å². The first-order chi connectivity index (χ1) is 17.1. The number of aryl methyl sites for hydroxylation is 2. The van der Waals surface area contributed by atoms with Crippen molar-refractivity contribution in [1.29, 1.82) is 0 Å². The van der Waals surface area contributed by atoms with Crippen LogP contribution in [0.25, 0.3) is 11.3 Å². The molecule has 0 fully saturated rings. The van der Waals surface area contributed by atoms with Crippen LogP contribution in [0.15, 0.2) is 42.7 Å². The second-order valence-corrected chi connectivity index (χ2v) is 8.39. The number of benzene rings is 1. The van der Waals surface area contributed by atoms with Crippen LogP contribution < -0.4 is 5.32 Å². The van der Waals surface area contributed by atoms with Crippen molar-refractivity contribution < 1.29 is 33.0 Å². The molecular weight excluding hydrogens is 501 g/mol. The van der Waals surface area contributed by atoms with Crippen molar-refractivity contribution >= 4 is 23.5 Å². The van der Waals surface area contributed by atoms with E-state index >= 15 is 0 Å². The minimum Gasteiger partial charge on any atom is -0.477 e. The minimum atomic E-state index is -5.08. The summed E-state index contributed by atoms with van der Waals surface area (Å²) in [5.41, 5.74) is 5.20. The molecule has 2 heterocycles. The summed E-state index contributed by atoms with van der Waals surface area (Å²) in [5, 5.41) is 25.7. The second-order valence-electron chi connectivity index (χ2n) is 7.98. The molecule has 3 aromatic rings. The number of aromatic nitrogens is 3. The third-order valence-electron chi connectivity index (χ3n) is 5.55. The first-order valence-corrected chi connectivity index (χ1v) is 11.5. The number of nitrogens with zero attached hydrogens (tertiary/aromatic N) is 3. The Bertz CT molecular complexity index is 1230. The third kappa shape index (κ3) is 6.82. The number of hydrogen-bond acceptors (Lipinski definition) is 5. The largest absolute Gasteiger partial charge is 0.490 e. The van der Waals surface area contributed by atoms with Gasteiger partial charge in [-0.05, 0) is 62.0 Å². The molecule has 1 aliphatic rings. The first kappa shape index (κ1) is 27.2. The smallest absolute Gasteiger partial charge is 0.477 e. The molecule has 0 unspecified atom stereocenters. The molecule has 3 N–H and O–H groups in total. The van der Waals surface area contributed by atoms with Gasteiger partial charge in [0.05, 0.1) is 5.69 Å². The molecule has 0 aliphatic heterocycles. The first-order valence-electron chi connectivity index (χ1n) is 11.1. The van der Waals surface area contributed by atoms with Crippen LogP contribution in [-0.4, -0.2) is 56.2 Å². The molecule has 0 bridgehead atoms. The maximum absolute atomic E-state index is 11.9. The number of rotatable bonds is 8. The third-order valence-corrected chi connectivity index (χ3v) is 5.92. The Morgan fingerprint density at radius 3 is 2.50 bits per heavy atom. The quantitative estimate of drug-likeness (QED) is 0.377. The summed E-state index contributed by atoms with van der Waals surface area (Å²) in [6.07, 6.45) is 1.64. The van der Waals surface area contributed by atoms with Gasteiger partial charge in [0.25, 0.3) is 0 Å². The normalized spacial score (nSPS) is 12.2. The van der Waals surface area contributed by atoms with Crippen LogP contribution in [0.5, 0.6) is 0 Å². The molecule has 0 amide bonds. The van der Waals surface area contributed by atoms with E-state index in [9.17, 15) is 23.1 Å². The number of nitrogens with one attached hydrogen (secondary N) is 1. The Labute approximate surface area is 209 Å². The van der Waals surface area contributed by atoms with Crippen molar-refractivity contribution in [3.63, 3.8) is 0 Å². The highest BCUT2D eigenvalue weighted by Gasteiger charge is 2.38. The van der Waals surface area contributed by atoms with Gasteiger partial charge < -0.3 is 15.5 Å². The molecule has 36 heavy (non-hydrogen) atoms. The molecule has 0 spiro atoms. The lowest BCUT2D eigenvalue weighted by Gasteiger charge is -2.14. The number of hydrogen-bond donors (Lipinski definition) is 3. The SMILES string of the molecule is O=C(O)C(F)(F)F.O=C(O)c1c2c(nn1CCCNCCc1ccccc1Cl)-c1ccncc1CC2. The maximum Gasteiger partial charge on any atom is 0.490 e. The molecule has 8 nitrogen and oxygen atoms in total. The van der Waals surface area contributed by atoms with Crippen molar-refractivity contribution in [3.8, 4) is 11.3 Å². The van der Waals surface area contributed by atoms with E-state index in [1.807, 2.05) is 36.5 Å². The van der Waals surface area contributed by atoms with E-state index in [1.165, 1.54) is 0 Å². The number of fused-ring (bicyclic) bond motifs is 3. The highest BCUT2D eigenvalue weighted by atomic mass is 35.5. The molecule has 1 aromatic carbocycles. The molecular formula is C24H24ClF3N4O4. The Morgan fingerprint density at radius 1 is 1.11 bits per heavy atom. The van der Waals surface area contributed by atoms with E-state index in [2.05, 4.69) is 15.4 Å². The van der Waals surface area contributed by atoms with Crippen molar-refractivity contribution in [3.05, 3.63) is 70.1 Å². The predicted octanol–water partition coefficient (Wildman–Crippen LogP) is 4.25. The molecule has 1 aliphatic carbocycles. The Hall–Kier alpha value is -3.44. The van der Waals surface area contributed by atoms with Crippen LogP contribution in [0.3, 0.4) is 0 Å². The highest BCUT2D eigenvalue weighted by molar-refractivity contribution is 6.31. The van der Waals surface area contributed by atoms with E-state index in [-0.39, 0.29) is 0 Å². The second kappa shape index (κ2) is 12.0. The van der Waals surface area contributed by atoms with Gasteiger partial charge >= 0.3 is 18.1 Å². The fourth-order valence-corrected chi connectivity index (χ4v) is 4.10. The van der Waals surface area contributed by atoms with Crippen molar-refractivity contribution in [2.24, 2.45) is 0 Å². The van der Waals surface area contributed by atoms with E-state index < -0.39 is 18.1 Å². The van der Waals surface area contributed by atoms with Crippen LogP contribution >= 0.6 is 11.6 Å². The molecule has 0 saturated carbocycles. The topological polar surface area (TPSA) is 117 Å². The van der Waals surface area contributed by atoms with Gasteiger partial charge in [-0.15, -0.1) is 0 Å². The predicted molar refractivity (Wildman–Crippen MR) is 126 cm³/mol. The summed E-state index contributed by atoms with van der Waals surface area (Å²) in [6.45, 7) is 2.17. The van der Waals surface area contributed by atoms with Gasteiger partial charge in [-0.1, -0.05) is 29.8 Å². The fraction of sp³-hybridized carbons (Fsp3) is 0.333. The van der Waals surface area contributed by atoms with Crippen LogP contribution in [-0.2, 0) is 30.6 Å². The lowest BCUT2D eigenvalue weighted by atomic mass is 9.90. The number of carboxylic acid groups (broad SMARTS) is 2.